The Labute approximate surface area is 101 Å². The van der Waals surface area contributed by atoms with Crippen molar-refractivity contribution in [3.63, 3.8) is 0 Å². The fraction of sp³-hybridized carbons (Fsp3) is 0.538. The molecule has 0 bridgehead atoms. The molecule has 0 aromatic heterocycles. The van der Waals surface area contributed by atoms with E-state index in [2.05, 4.69) is 4.90 Å². The third-order valence-corrected chi connectivity index (χ3v) is 2.97. The first kappa shape index (κ1) is 14.1. The first-order valence-corrected chi connectivity index (χ1v) is 5.92. The molecule has 0 saturated carbocycles. The molecule has 0 radical (unpaired) electrons. The molecule has 17 heavy (non-hydrogen) atoms. The Morgan fingerprint density at radius 2 is 1.94 bits per heavy atom. The number of rotatable bonds is 5. The summed E-state index contributed by atoms with van der Waals surface area (Å²) in [6, 6.07) is 3.46. The van der Waals surface area contributed by atoms with Gasteiger partial charge in [0.25, 0.3) is 0 Å². The van der Waals surface area contributed by atoms with Crippen molar-refractivity contribution in [3.05, 3.63) is 35.4 Å². The third kappa shape index (κ3) is 3.23. The molecule has 0 fully saturated rings. The van der Waals surface area contributed by atoms with E-state index in [1.165, 1.54) is 6.07 Å². The molecule has 0 amide bonds. The van der Waals surface area contributed by atoms with Crippen molar-refractivity contribution in [3.8, 4) is 0 Å². The van der Waals surface area contributed by atoms with Crippen LogP contribution in [0.1, 0.15) is 32.4 Å². The highest BCUT2D eigenvalue weighted by Crippen LogP contribution is 2.25. The lowest BCUT2D eigenvalue weighted by Crippen LogP contribution is -2.39. The highest BCUT2D eigenvalue weighted by atomic mass is 19.1. The summed E-state index contributed by atoms with van der Waals surface area (Å²) < 4.78 is 26.9. The van der Waals surface area contributed by atoms with Crippen molar-refractivity contribution in [2.45, 2.75) is 32.9 Å². The van der Waals surface area contributed by atoms with Crippen molar-refractivity contribution < 1.29 is 8.78 Å². The lowest BCUT2D eigenvalue weighted by molar-refractivity contribution is 0.163. The van der Waals surface area contributed by atoms with E-state index in [1.54, 1.807) is 0 Å². The average molecular weight is 242 g/mol. The van der Waals surface area contributed by atoms with Crippen LogP contribution in [0.4, 0.5) is 8.78 Å². The summed E-state index contributed by atoms with van der Waals surface area (Å²) in [6.07, 6.45) is 0. The summed E-state index contributed by atoms with van der Waals surface area (Å²) in [7, 11) is 0. The molecular weight excluding hydrogens is 222 g/mol. The van der Waals surface area contributed by atoms with Crippen LogP contribution in [-0.2, 0) is 0 Å². The second-order valence-electron chi connectivity index (χ2n) is 4.34. The van der Waals surface area contributed by atoms with Gasteiger partial charge >= 0.3 is 0 Å². The van der Waals surface area contributed by atoms with Crippen LogP contribution in [0.2, 0.25) is 0 Å². The fourth-order valence-electron chi connectivity index (χ4n) is 2.16. The predicted octanol–water partition coefficient (Wildman–Crippen LogP) is 2.69. The quantitative estimate of drug-likeness (QED) is 0.860. The minimum absolute atomic E-state index is 0.233. The van der Waals surface area contributed by atoms with E-state index < -0.39 is 11.6 Å². The maximum absolute atomic E-state index is 13.7. The van der Waals surface area contributed by atoms with E-state index in [-0.39, 0.29) is 18.6 Å². The van der Waals surface area contributed by atoms with E-state index in [0.717, 1.165) is 18.7 Å². The summed E-state index contributed by atoms with van der Waals surface area (Å²) in [5.74, 6) is -0.833. The molecule has 0 heterocycles. The summed E-state index contributed by atoms with van der Waals surface area (Å²) in [4.78, 5) is 2.05. The fourth-order valence-corrected chi connectivity index (χ4v) is 2.16. The van der Waals surface area contributed by atoms with Gasteiger partial charge < -0.3 is 5.73 Å². The van der Waals surface area contributed by atoms with Crippen molar-refractivity contribution >= 4 is 0 Å². The maximum Gasteiger partial charge on any atom is 0.128 e. The number of nitrogens with two attached hydrogens (primary N) is 1. The summed E-state index contributed by atoms with van der Waals surface area (Å²) >= 11 is 0. The number of hydrogen-bond donors (Lipinski definition) is 1. The second-order valence-corrected chi connectivity index (χ2v) is 4.34. The van der Waals surface area contributed by atoms with Gasteiger partial charge in [0.05, 0.1) is 6.04 Å². The molecule has 4 heteroatoms. The molecule has 1 rings (SSSR count). The molecular formula is C13H20F2N2. The Morgan fingerprint density at radius 1 is 1.29 bits per heavy atom. The van der Waals surface area contributed by atoms with Crippen molar-refractivity contribution in [1.82, 2.24) is 4.90 Å². The van der Waals surface area contributed by atoms with Gasteiger partial charge in [-0.1, -0.05) is 6.92 Å². The number of benzene rings is 1. The minimum atomic E-state index is -0.431. The molecule has 0 aliphatic rings. The number of halogens is 2. The molecule has 0 aliphatic heterocycles. The molecule has 1 aromatic rings. The van der Waals surface area contributed by atoms with E-state index in [4.69, 9.17) is 5.73 Å². The Balaban J connectivity index is 3.11. The van der Waals surface area contributed by atoms with Gasteiger partial charge in [0.1, 0.15) is 11.6 Å². The normalized spacial score (nSPS) is 13.4. The van der Waals surface area contributed by atoms with E-state index in [9.17, 15) is 8.78 Å². The van der Waals surface area contributed by atoms with Gasteiger partial charge in [-0.15, -0.1) is 0 Å². The maximum atomic E-state index is 13.7. The number of hydrogen-bond acceptors (Lipinski definition) is 2. The van der Waals surface area contributed by atoms with Crippen LogP contribution in [0.15, 0.2) is 18.2 Å². The summed E-state index contributed by atoms with van der Waals surface area (Å²) in [5.41, 5.74) is 6.04. The first-order valence-electron chi connectivity index (χ1n) is 5.92. The van der Waals surface area contributed by atoms with E-state index in [0.29, 0.717) is 5.56 Å². The van der Waals surface area contributed by atoms with Gasteiger partial charge in [-0.3, -0.25) is 4.90 Å². The minimum Gasteiger partial charge on any atom is -0.329 e. The van der Waals surface area contributed by atoms with E-state index in [1.807, 2.05) is 20.8 Å². The lowest BCUT2D eigenvalue weighted by Gasteiger charge is -2.33. The molecule has 1 aromatic carbocycles. The Kier molecular flexibility index (Phi) is 5.02. The monoisotopic (exact) mass is 242 g/mol. The largest absolute Gasteiger partial charge is 0.329 e. The zero-order chi connectivity index (χ0) is 13.0. The summed E-state index contributed by atoms with van der Waals surface area (Å²) in [6.45, 7) is 7.04. The molecule has 1 unspecified atom stereocenters. The number of likely N-dealkylation sites (N-methyl/N-ethyl adjacent to an activating group) is 1. The van der Waals surface area contributed by atoms with Crippen LogP contribution < -0.4 is 5.73 Å². The van der Waals surface area contributed by atoms with Crippen LogP contribution in [0.3, 0.4) is 0 Å². The molecule has 2 N–H and O–H groups in total. The lowest BCUT2D eigenvalue weighted by atomic mass is 10.0. The van der Waals surface area contributed by atoms with Crippen molar-refractivity contribution in [2.24, 2.45) is 5.73 Å². The van der Waals surface area contributed by atoms with Gasteiger partial charge in [-0.25, -0.2) is 8.78 Å². The van der Waals surface area contributed by atoms with Crippen LogP contribution in [-0.4, -0.2) is 24.0 Å². The molecule has 0 aliphatic carbocycles. The topological polar surface area (TPSA) is 29.3 Å². The second kappa shape index (κ2) is 6.07. The molecule has 0 spiro atoms. The average Bonchev–Trinajstić information content (AvgIpc) is 2.28. The van der Waals surface area contributed by atoms with Gasteiger partial charge in [-0.2, -0.15) is 0 Å². The van der Waals surface area contributed by atoms with Gasteiger partial charge in [0.15, 0.2) is 0 Å². The highest BCUT2D eigenvalue weighted by molar-refractivity contribution is 5.23. The van der Waals surface area contributed by atoms with Gasteiger partial charge in [0.2, 0.25) is 0 Å². The summed E-state index contributed by atoms with van der Waals surface area (Å²) in [5, 5.41) is 0. The molecule has 96 valence electrons. The van der Waals surface area contributed by atoms with Crippen molar-refractivity contribution in [2.75, 3.05) is 13.1 Å². The Morgan fingerprint density at radius 3 is 2.41 bits per heavy atom. The van der Waals surface area contributed by atoms with Crippen LogP contribution in [0.5, 0.6) is 0 Å². The third-order valence-electron chi connectivity index (χ3n) is 2.97. The van der Waals surface area contributed by atoms with Crippen LogP contribution in [0.25, 0.3) is 0 Å². The van der Waals surface area contributed by atoms with Crippen LogP contribution in [0, 0.1) is 11.6 Å². The zero-order valence-electron chi connectivity index (χ0n) is 10.6. The number of nitrogens with zero attached hydrogens (tertiary/aromatic N) is 1. The smallest absolute Gasteiger partial charge is 0.128 e. The Hall–Kier alpha value is -1.00. The molecule has 1 atom stereocenters. The predicted molar refractivity (Wildman–Crippen MR) is 65.7 cm³/mol. The zero-order valence-corrected chi connectivity index (χ0v) is 10.6. The molecule has 2 nitrogen and oxygen atoms in total. The Bertz CT molecular complexity index is 366. The standard InChI is InChI=1S/C13H20F2N2/c1-4-17(9(2)3)13(8-16)11-7-10(14)5-6-12(11)15/h5-7,9,13H,4,8,16H2,1-3H3. The highest BCUT2D eigenvalue weighted by Gasteiger charge is 2.23. The van der Waals surface area contributed by atoms with Gasteiger partial charge in [-0.05, 0) is 38.6 Å². The van der Waals surface area contributed by atoms with E-state index >= 15 is 0 Å². The SMILES string of the molecule is CCN(C(C)C)C(CN)c1cc(F)ccc1F. The van der Waals surface area contributed by atoms with Crippen molar-refractivity contribution in [1.29, 1.82) is 0 Å². The van der Waals surface area contributed by atoms with Gasteiger partial charge in [0, 0.05) is 18.2 Å². The first-order chi connectivity index (χ1) is 8.01. The van der Waals surface area contributed by atoms with Crippen LogP contribution >= 0.6 is 0 Å². The molecule has 0 saturated heterocycles.